The van der Waals surface area contributed by atoms with E-state index in [1.807, 2.05) is 0 Å². The molecule has 276 valence electrons. The van der Waals surface area contributed by atoms with Crippen LogP contribution in [0.1, 0.15) is 0 Å². The predicted octanol–water partition coefficient (Wildman–Crippen LogP) is 16.4. The molecule has 1 heteroatoms. The Hall–Kier alpha value is -7.74. The van der Waals surface area contributed by atoms with Gasteiger partial charge in [-0.1, -0.05) is 194 Å². The second-order valence-corrected chi connectivity index (χ2v) is 15.3. The van der Waals surface area contributed by atoms with E-state index in [9.17, 15) is 0 Å². The number of nitrogens with zero attached hydrogens (tertiary/aromatic N) is 1. The first-order valence-corrected chi connectivity index (χ1v) is 20.3. The van der Waals surface area contributed by atoms with E-state index in [2.05, 4.69) is 241 Å². The number of hydrogen-bond donors (Lipinski definition) is 0. The van der Waals surface area contributed by atoms with Crippen molar-refractivity contribution in [2.45, 2.75) is 0 Å². The van der Waals surface area contributed by atoms with Crippen molar-refractivity contribution >= 4 is 60.2 Å². The summed E-state index contributed by atoms with van der Waals surface area (Å²) in [6.07, 6.45) is 0. The van der Waals surface area contributed by atoms with Gasteiger partial charge in [0.15, 0.2) is 0 Å². The van der Waals surface area contributed by atoms with Gasteiger partial charge >= 0.3 is 0 Å². The molecule has 0 aliphatic carbocycles. The Balaban J connectivity index is 1.11. The quantitative estimate of drug-likeness (QED) is 0.147. The molecule has 0 amide bonds. The van der Waals surface area contributed by atoms with Crippen molar-refractivity contribution in [2.24, 2.45) is 0 Å². The van der Waals surface area contributed by atoms with Crippen LogP contribution in [-0.2, 0) is 0 Å². The lowest BCUT2D eigenvalue weighted by molar-refractivity contribution is 1.29. The average Bonchev–Trinajstić information content (AvgIpc) is 3.31. The van der Waals surface area contributed by atoms with E-state index < -0.39 is 0 Å². The van der Waals surface area contributed by atoms with E-state index in [0.29, 0.717) is 0 Å². The molecule has 11 rings (SSSR count). The highest BCUT2D eigenvalue weighted by Crippen LogP contribution is 2.46. The van der Waals surface area contributed by atoms with Gasteiger partial charge in [0.1, 0.15) is 0 Å². The van der Waals surface area contributed by atoms with Gasteiger partial charge in [-0.2, -0.15) is 0 Å². The van der Waals surface area contributed by atoms with Gasteiger partial charge in [-0.3, -0.25) is 0 Å². The summed E-state index contributed by atoms with van der Waals surface area (Å²) in [4.78, 5) is 2.40. The highest BCUT2D eigenvalue weighted by Gasteiger charge is 2.20. The molecule has 0 saturated carbocycles. The fourth-order valence-electron chi connectivity index (χ4n) is 9.06. The lowest BCUT2D eigenvalue weighted by Crippen LogP contribution is -2.10. The van der Waals surface area contributed by atoms with Crippen LogP contribution in [0.3, 0.4) is 0 Å². The maximum absolute atomic E-state index is 2.41. The molecule has 0 bridgehead atoms. The van der Waals surface area contributed by atoms with Gasteiger partial charge in [0.25, 0.3) is 0 Å². The minimum Gasteiger partial charge on any atom is -0.310 e. The third-order valence-corrected chi connectivity index (χ3v) is 11.8. The van der Waals surface area contributed by atoms with Gasteiger partial charge in [-0.25, -0.2) is 0 Å². The first-order valence-electron chi connectivity index (χ1n) is 20.3. The van der Waals surface area contributed by atoms with Crippen molar-refractivity contribution < 1.29 is 0 Å². The molecule has 0 aromatic heterocycles. The molecule has 0 fully saturated rings. The maximum atomic E-state index is 2.41. The lowest BCUT2D eigenvalue weighted by Gasteiger charge is -2.27. The number of hydrogen-bond acceptors (Lipinski definition) is 1. The Morgan fingerprint density at radius 2 is 0.712 bits per heavy atom. The standard InChI is InChI=1S/C58H39N/c1-3-18-42(19-4-1)57-55-30-12-11-29-53(55)54-35-33-46(39-56(54)58(57)43-20-5-2-6-21-43)45-24-13-26-48(37-45)59(50-34-32-40-16-7-8-22-44(40)36-50)49-27-14-25-47(38-49)52-31-15-23-41-17-9-10-28-51(41)52/h1-39H. The zero-order chi connectivity index (χ0) is 39.1. The van der Waals surface area contributed by atoms with Crippen LogP contribution in [0, 0.1) is 0 Å². The zero-order valence-corrected chi connectivity index (χ0v) is 32.5. The summed E-state index contributed by atoms with van der Waals surface area (Å²) < 4.78 is 0. The smallest absolute Gasteiger partial charge is 0.0468 e. The van der Waals surface area contributed by atoms with Crippen LogP contribution in [-0.4, -0.2) is 0 Å². The first kappa shape index (κ1) is 34.5. The highest BCUT2D eigenvalue weighted by atomic mass is 15.1. The molecule has 1 nitrogen and oxygen atoms in total. The molecule has 0 aliphatic rings. The van der Waals surface area contributed by atoms with Crippen LogP contribution in [0.25, 0.3) is 87.6 Å². The van der Waals surface area contributed by atoms with Crippen molar-refractivity contribution in [3.8, 4) is 44.5 Å². The van der Waals surface area contributed by atoms with Crippen LogP contribution in [0.2, 0.25) is 0 Å². The Morgan fingerprint density at radius 3 is 1.46 bits per heavy atom. The molecule has 0 N–H and O–H groups in total. The number of fused-ring (bicyclic) bond motifs is 5. The van der Waals surface area contributed by atoms with Crippen molar-refractivity contribution in [1.29, 1.82) is 0 Å². The number of rotatable bonds is 7. The van der Waals surface area contributed by atoms with Gasteiger partial charge in [0.05, 0.1) is 0 Å². The third-order valence-electron chi connectivity index (χ3n) is 11.8. The van der Waals surface area contributed by atoms with Crippen LogP contribution in [0.4, 0.5) is 17.1 Å². The molecule has 0 atom stereocenters. The molecule has 0 aliphatic heterocycles. The van der Waals surface area contributed by atoms with Crippen LogP contribution in [0.15, 0.2) is 237 Å². The summed E-state index contributed by atoms with van der Waals surface area (Å²) in [5, 5.41) is 9.94. The number of anilines is 3. The molecule has 11 aromatic rings. The first-order chi connectivity index (χ1) is 29.3. The molecule has 0 unspecified atom stereocenters. The van der Waals surface area contributed by atoms with Crippen LogP contribution in [0.5, 0.6) is 0 Å². The Bertz CT molecular complexity index is 3320. The van der Waals surface area contributed by atoms with E-state index >= 15 is 0 Å². The van der Waals surface area contributed by atoms with Crippen molar-refractivity contribution in [3.05, 3.63) is 237 Å². The van der Waals surface area contributed by atoms with E-state index in [-0.39, 0.29) is 0 Å². The minimum atomic E-state index is 1.10. The summed E-state index contributed by atoms with van der Waals surface area (Å²) in [7, 11) is 0. The molecular weight excluding hydrogens is 711 g/mol. The van der Waals surface area contributed by atoms with Crippen LogP contribution >= 0.6 is 0 Å². The summed E-state index contributed by atoms with van der Waals surface area (Å²) in [6, 6.07) is 86.3. The molecule has 11 aromatic carbocycles. The third kappa shape index (κ3) is 6.21. The SMILES string of the molecule is c1ccc(-c2c(-c3ccccc3)c3cc(-c4cccc(N(c5cccc(-c6cccc7ccccc67)c5)c5ccc6ccccc6c5)c4)ccc3c3ccccc23)cc1. The van der Waals surface area contributed by atoms with Crippen molar-refractivity contribution in [3.63, 3.8) is 0 Å². The average molecular weight is 750 g/mol. The Labute approximate surface area is 344 Å². The maximum Gasteiger partial charge on any atom is 0.0468 e. The number of benzene rings is 11. The summed E-state index contributed by atoms with van der Waals surface area (Å²) in [5.74, 6) is 0. The van der Waals surface area contributed by atoms with E-state index in [0.717, 1.165) is 22.6 Å². The Morgan fingerprint density at radius 1 is 0.220 bits per heavy atom. The topological polar surface area (TPSA) is 3.24 Å². The molecule has 59 heavy (non-hydrogen) atoms. The van der Waals surface area contributed by atoms with Crippen LogP contribution < -0.4 is 4.90 Å². The molecule has 0 heterocycles. The highest BCUT2D eigenvalue weighted by molar-refractivity contribution is 6.22. The lowest BCUT2D eigenvalue weighted by atomic mass is 9.84. The normalized spacial score (nSPS) is 11.4. The Kier molecular flexibility index (Phi) is 8.56. The second-order valence-electron chi connectivity index (χ2n) is 15.3. The van der Waals surface area contributed by atoms with Crippen molar-refractivity contribution in [1.82, 2.24) is 0 Å². The van der Waals surface area contributed by atoms with Gasteiger partial charge < -0.3 is 4.90 Å². The van der Waals surface area contributed by atoms with E-state index in [1.54, 1.807) is 0 Å². The largest absolute Gasteiger partial charge is 0.310 e. The molecule has 0 radical (unpaired) electrons. The zero-order valence-electron chi connectivity index (χ0n) is 32.5. The molecular formula is C58H39N. The second kappa shape index (κ2) is 14.6. The monoisotopic (exact) mass is 749 g/mol. The fourth-order valence-corrected chi connectivity index (χ4v) is 9.06. The summed E-state index contributed by atoms with van der Waals surface area (Å²) in [5.41, 5.74) is 13.0. The molecule has 0 spiro atoms. The van der Waals surface area contributed by atoms with Gasteiger partial charge in [0.2, 0.25) is 0 Å². The van der Waals surface area contributed by atoms with E-state index in [1.165, 1.54) is 82.0 Å². The van der Waals surface area contributed by atoms with E-state index in [4.69, 9.17) is 0 Å². The van der Waals surface area contributed by atoms with Gasteiger partial charge in [-0.05, 0) is 130 Å². The summed E-state index contributed by atoms with van der Waals surface area (Å²) in [6.45, 7) is 0. The predicted molar refractivity (Wildman–Crippen MR) is 253 cm³/mol. The van der Waals surface area contributed by atoms with Crippen molar-refractivity contribution in [2.75, 3.05) is 4.90 Å². The van der Waals surface area contributed by atoms with Gasteiger partial charge in [-0.15, -0.1) is 0 Å². The molecule has 0 saturated heterocycles. The fraction of sp³-hybridized carbons (Fsp3) is 0. The summed E-state index contributed by atoms with van der Waals surface area (Å²) >= 11 is 0. The minimum absolute atomic E-state index is 1.10. The van der Waals surface area contributed by atoms with Gasteiger partial charge in [0, 0.05) is 17.1 Å².